The lowest BCUT2D eigenvalue weighted by Crippen LogP contribution is -2.63. The summed E-state index contributed by atoms with van der Waals surface area (Å²) in [4.78, 5) is 12.2. The van der Waals surface area contributed by atoms with Crippen LogP contribution in [0.3, 0.4) is 0 Å². The molecule has 1 fully saturated rings. The van der Waals surface area contributed by atoms with Crippen LogP contribution in [0.2, 0.25) is 0 Å². The van der Waals surface area contributed by atoms with Crippen LogP contribution in [0.25, 0.3) is 0 Å². The Hall–Kier alpha value is -0.730. The van der Waals surface area contributed by atoms with Gasteiger partial charge in [-0.25, -0.2) is 0 Å². The van der Waals surface area contributed by atoms with Gasteiger partial charge in [0.25, 0.3) is 0 Å². The van der Waals surface area contributed by atoms with E-state index in [2.05, 4.69) is 12.2 Å². The molecule has 1 saturated heterocycles. The van der Waals surface area contributed by atoms with Crippen LogP contribution in [0, 0.1) is 0 Å². The summed E-state index contributed by atoms with van der Waals surface area (Å²) < 4.78 is 13.3. The molecular weight excluding hydrogens is 398 g/mol. The van der Waals surface area contributed by atoms with E-state index in [1.807, 2.05) is 0 Å². The fourth-order valence-electron chi connectivity index (χ4n) is 3.98. The van der Waals surface area contributed by atoms with Gasteiger partial charge in [0.2, 0.25) is 5.91 Å². The first-order chi connectivity index (χ1) is 15.4. The van der Waals surface area contributed by atoms with Gasteiger partial charge < -0.3 is 30.5 Å². The highest BCUT2D eigenvalue weighted by molar-refractivity contribution is 5.76. The Labute approximate surface area is 190 Å². The van der Waals surface area contributed by atoms with Crippen LogP contribution in [-0.2, 0) is 9.53 Å². The molecule has 0 aromatic rings. The summed E-state index contributed by atoms with van der Waals surface area (Å²) in [6.07, 6.45) is 9.79. The molecule has 0 spiro atoms. The van der Waals surface area contributed by atoms with Crippen molar-refractivity contribution in [1.29, 1.82) is 0 Å². The molecule has 0 radical (unpaired) electrons. The van der Waals surface area contributed by atoms with E-state index in [9.17, 15) is 25.2 Å². The standard InChI is InChI=1S/C24H47NO6/c1-2-3-4-5-6-7-8-9-10-11-12-13-14-15-16-17-20(27)25-24-23(30)22(29)21(28)19(18-26)31-24/h19,21-24,26,28-30H,2-18H2,1H3,(H,25,27)/t19-,21-,22+,23-,24?/m1/s1/i16D/t16?,19-,21-,22+,23-,24?. The number of carbonyl (C=O) groups excluding carboxylic acids is 1. The topological polar surface area (TPSA) is 119 Å². The summed E-state index contributed by atoms with van der Waals surface area (Å²) in [6, 6.07) is 0. The highest BCUT2D eigenvalue weighted by atomic mass is 16.6. The summed E-state index contributed by atoms with van der Waals surface area (Å²) in [5.74, 6) is -0.455. The number of hydrogen-bond donors (Lipinski definition) is 5. The van der Waals surface area contributed by atoms with Crippen LogP contribution < -0.4 is 5.32 Å². The molecule has 5 N–H and O–H groups in total. The van der Waals surface area contributed by atoms with E-state index in [-0.39, 0.29) is 6.42 Å². The molecule has 1 amide bonds. The molecule has 1 rings (SSSR count). The van der Waals surface area contributed by atoms with E-state index < -0.39 is 49.6 Å². The molecule has 1 aliphatic rings. The number of nitrogens with one attached hydrogen (secondary N) is 1. The number of unbranched alkanes of at least 4 members (excludes halogenated alkanes) is 12. The third-order valence-corrected chi connectivity index (χ3v) is 6.04. The molecule has 0 saturated carbocycles. The van der Waals surface area contributed by atoms with E-state index >= 15 is 0 Å². The van der Waals surface area contributed by atoms with Gasteiger partial charge in [0, 0.05) is 7.79 Å². The molecule has 7 nitrogen and oxygen atoms in total. The Morgan fingerprint density at radius 2 is 1.29 bits per heavy atom. The Balaban J connectivity index is 2.04. The first-order valence-electron chi connectivity index (χ1n) is 13.0. The van der Waals surface area contributed by atoms with Gasteiger partial charge in [-0.1, -0.05) is 96.8 Å². The molecule has 1 heterocycles. The van der Waals surface area contributed by atoms with Crippen LogP contribution in [0.1, 0.15) is 111 Å². The van der Waals surface area contributed by atoms with Crippen molar-refractivity contribution in [3.05, 3.63) is 0 Å². The van der Waals surface area contributed by atoms with Gasteiger partial charge >= 0.3 is 0 Å². The average Bonchev–Trinajstić information content (AvgIpc) is 2.77. The zero-order valence-electron chi connectivity index (χ0n) is 20.4. The lowest BCUT2D eigenvalue weighted by Gasteiger charge is -2.40. The smallest absolute Gasteiger partial charge is 0.222 e. The number of carbonyl (C=O) groups is 1. The van der Waals surface area contributed by atoms with E-state index in [4.69, 9.17) is 6.11 Å². The number of aliphatic hydroxyl groups excluding tert-OH is 4. The van der Waals surface area contributed by atoms with Gasteiger partial charge in [0.15, 0.2) is 6.23 Å². The van der Waals surface area contributed by atoms with Crippen molar-refractivity contribution >= 4 is 5.91 Å². The average molecular weight is 447 g/mol. The number of ether oxygens (including phenoxy) is 1. The zero-order chi connectivity index (χ0) is 23.8. The second kappa shape index (κ2) is 17.8. The van der Waals surface area contributed by atoms with Crippen LogP contribution in [0.15, 0.2) is 0 Å². The van der Waals surface area contributed by atoms with Crippen LogP contribution in [0.4, 0.5) is 0 Å². The number of aliphatic hydroxyl groups is 4. The number of hydrogen-bond acceptors (Lipinski definition) is 6. The largest absolute Gasteiger partial charge is 0.394 e. The summed E-state index contributed by atoms with van der Waals surface area (Å²) in [5, 5.41) is 41.1. The second-order valence-corrected chi connectivity index (χ2v) is 8.84. The molecule has 0 aliphatic carbocycles. The van der Waals surface area contributed by atoms with Crippen molar-refractivity contribution < 1.29 is 31.3 Å². The summed E-state index contributed by atoms with van der Waals surface area (Å²) in [6.45, 7) is 1.70. The molecule has 2 unspecified atom stereocenters. The van der Waals surface area contributed by atoms with Crippen LogP contribution >= 0.6 is 0 Å². The molecular formula is C24H47NO6. The predicted molar refractivity (Wildman–Crippen MR) is 121 cm³/mol. The second-order valence-electron chi connectivity index (χ2n) is 8.84. The maximum atomic E-state index is 12.2. The molecule has 31 heavy (non-hydrogen) atoms. The number of amides is 1. The predicted octanol–water partition coefficient (Wildman–Crippen LogP) is 3.16. The Kier molecular flexibility index (Phi) is 15.2. The van der Waals surface area contributed by atoms with Crippen LogP contribution in [0.5, 0.6) is 0 Å². The van der Waals surface area contributed by atoms with Gasteiger partial charge in [-0.3, -0.25) is 4.79 Å². The van der Waals surface area contributed by atoms with Crippen molar-refractivity contribution in [2.75, 3.05) is 6.61 Å². The molecule has 0 aromatic carbocycles. The maximum Gasteiger partial charge on any atom is 0.222 e. The Morgan fingerprint density at radius 3 is 1.77 bits per heavy atom. The molecule has 1 aliphatic heterocycles. The summed E-state index contributed by atoms with van der Waals surface area (Å²) in [5.41, 5.74) is 0. The zero-order valence-corrected chi connectivity index (χ0v) is 19.4. The lowest BCUT2D eigenvalue weighted by atomic mass is 9.98. The van der Waals surface area contributed by atoms with Crippen molar-refractivity contribution in [2.24, 2.45) is 0 Å². The first kappa shape index (κ1) is 26.5. The Morgan fingerprint density at radius 1 is 0.806 bits per heavy atom. The fourth-order valence-corrected chi connectivity index (χ4v) is 3.98. The summed E-state index contributed by atoms with van der Waals surface area (Å²) >= 11 is 0. The lowest BCUT2D eigenvalue weighted by molar-refractivity contribution is -0.236. The Bertz CT molecular complexity index is 481. The molecule has 184 valence electrons. The molecule has 0 bridgehead atoms. The minimum absolute atomic E-state index is 0.0206. The van der Waals surface area contributed by atoms with Crippen molar-refractivity contribution in [2.45, 2.75) is 140 Å². The van der Waals surface area contributed by atoms with E-state index in [1.54, 1.807) is 0 Å². The number of rotatable bonds is 18. The quantitative estimate of drug-likeness (QED) is 0.206. The van der Waals surface area contributed by atoms with Gasteiger partial charge in [-0.2, -0.15) is 0 Å². The van der Waals surface area contributed by atoms with E-state index in [1.165, 1.54) is 70.6 Å². The normalized spacial score (nSPS) is 27.6. The minimum atomic E-state index is -1.52. The van der Waals surface area contributed by atoms with Crippen molar-refractivity contribution in [3.8, 4) is 0 Å². The van der Waals surface area contributed by atoms with Gasteiger partial charge in [0.1, 0.15) is 24.4 Å². The van der Waals surface area contributed by atoms with Crippen LogP contribution in [-0.4, -0.2) is 63.6 Å². The fraction of sp³-hybridized carbons (Fsp3) is 0.958. The third-order valence-electron chi connectivity index (χ3n) is 6.04. The van der Waals surface area contributed by atoms with Gasteiger partial charge in [0.05, 0.1) is 6.61 Å². The highest BCUT2D eigenvalue weighted by Gasteiger charge is 2.43. The third kappa shape index (κ3) is 12.2. The van der Waals surface area contributed by atoms with Gasteiger partial charge in [-0.05, 0) is 6.40 Å². The summed E-state index contributed by atoms with van der Waals surface area (Å²) in [7, 11) is 0. The monoisotopic (exact) mass is 446 g/mol. The van der Waals surface area contributed by atoms with E-state index in [0.29, 0.717) is 6.42 Å². The minimum Gasteiger partial charge on any atom is -0.394 e. The highest BCUT2D eigenvalue weighted by Crippen LogP contribution is 2.20. The first-order valence-corrected chi connectivity index (χ1v) is 12.4. The molecule has 0 aromatic heterocycles. The molecule has 6 atom stereocenters. The van der Waals surface area contributed by atoms with Gasteiger partial charge in [-0.15, -0.1) is 0 Å². The van der Waals surface area contributed by atoms with E-state index in [0.717, 1.165) is 12.8 Å². The maximum absolute atomic E-state index is 12.2. The van der Waals surface area contributed by atoms with Crippen molar-refractivity contribution in [3.63, 3.8) is 0 Å². The molecule has 7 heteroatoms. The van der Waals surface area contributed by atoms with Crippen molar-refractivity contribution in [1.82, 2.24) is 5.32 Å². The SMILES string of the molecule is [2H]C(CCCCCCCCCCCCCCC)CC(=O)NC1O[C@H](CO)[C@@H](O)[C@H](O)[C@H]1O.